The molecule has 1 amide bonds. The third-order valence-electron chi connectivity index (χ3n) is 4.29. The van der Waals surface area contributed by atoms with Gasteiger partial charge in [-0.3, -0.25) is 4.79 Å². The fourth-order valence-corrected chi connectivity index (χ4v) is 3.40. The monoisotopic (exact) mass is 408 g/mol. The van der Waals surface area contributed by atoms with Crippen molar-refractivity contribution in [2.24, 2.45) is 0 Å². The van der Waals surface area contributed by atoms with E-state index in [1.165, 1.54) is 0 Å². The summed E-state index contributed by atoms with van der Waals surface area (Å²) in [6.07, 6.45) is 0. The Morgan fingerprint density at radius 2 is 1.67 bits per heavy atom. The molecule has 0 unspecified atom stereocenters. The van der Waals surface area contributed by atoms with Crippen LogP contribution in [0.5, 0.6) is 5.75 Å². The number of aromatic carboxylic acids is 1. The van der Waals surface area contributed by atoms with Gasteiger partial charge < -0.3 is 19.6 Å². The highest BCUT2D eigenvalue weighted by atomic mass is 35.5. The SMILES string of the molecule is O=C(O)c1cccc(N2CCN(C(=O)COc3cc(Cl)cc(Cl)c3)CC2)c1. The number of piperazine rings is 1. The van der Waals surface area contributed by atoms with Gasteiger partial charge in [0, 0.05) is 41.9 Å². The molecule has 1 aliphatic rings. The second-order valence-corrected chi connectivity index (χ2v) is 6.99. The highest BCUT2D eigenvalue weighted by molar-refractivity contribution is 6.34. The molecule has 0 aromatic heterocycles. The van der Waals surface area contributed by atoms with Crippen LogP contribution in [0.25, 0.3) is 0 Å². The summed E-state index contributed by atoms with van der Waals surface area (Å²) in [5, 5.41) is 10.0. The average Bonchev–Trinajstić information content (AvgIpc) is 2.65. The zero-order chi connectivity index (χ0) is 19.4. The zero-order valence-electron chi connectivity index (χ0n) is 14.4. The molecule has 1 aliphatic heterocycles. The fraction of sp³-hybridized carbons (Fsp3) is 0.263. The number of nitrogens with zero attached hydrogens (tertiary/aromatic N) is 2. The molecule has 0 saturated carbocycles. The molecule has 1 N–H and O–H groups in total. The number of benzene rings is 2. The summed E-state index contributed by atoms with van der Waals surface area (Å²) in [6.45, 7) is 2.23. The minimum Gasteiger partial charge on any atom is -0.484 e. The van der Waals surface area contributed by atoms with E-state index in [4.69, 9.17) is 33.0 Å². The standard InChI is InChI=1S/C19H18Cl2N2O4/c20-14-9-15(21)11-17(10-14)27-12-18(24)23-6-4-22(5-7-23)16-3-1-2-13(8-16)19(25)26/h1-3,8-11H,4-7,12H2,(H,25,26). The van der Waals surface area contributed by atoms with Crippen LogP contribution in [0.15, 0.2) is 42.5 Å². The zero-order valence-corrected chi connectivity index (χ0v) is 15.9. The van der Waals surface area contributed by atoms with E-state index in [-0.39, 0.29) is 18.1 Å². The van der Waals surface area contributed by atoms with Gasteiger partial charge in [-0.1, -0.05) is 29.3 Å². The molecule has 2 aromatic rings. The van der Waals surface area contributed by atoms with Crippen molar-refractivity contribution < 1.29 is 19.4 Å². The predicted octanol–water partition coefficient (Wildman–Crippen LogP) is 3.42. The van der Waals surface area contributed by atoms with Gasteiger partial charge in [-0.15, -0.1) is 0 Å². The third-order valence-corrected chi connectivity index (χ3v) is 4.73. The van der Waals surface area contributed by atoms with Gasteiger partial charge in [0.05, 0.1) is 5.56 Å². The summed E-state index contributed by atoms with van der Waals surface area (Å²) >= 11 is 11.8. The fourth-order valence-electron chi connectivity index (χ4n) is 2.90. The van der Waals surface area contributed by atoms with Crippen molar-refractivity contribution in [3.8, 4) is 5.75 Å². The van der Waals surface area contributed by atoms with Gasteiger partial charge in [-0.25, -0.2) is 4.79 Å². The molecule has 0 aliphatic carbocycles. The number of carbonyl (C=O) groups is 2. The summed E-state index contributed by atoms with van der Waals surface area (Å²) in [4.78, 5) is 27.3. The van der Waals surface area contributed by atoms with Crippen LogP contribution in [0.3, 0.4) is 0 Å². The van der Waals surface area contributed by atoms with Crippen LogP contribution in [0.2, 0.25) is 10.0 Å². The maximum Gasteiger partial charge on any atom is 0.335 e. The number of ether oxygens (including phenoxy) is 1. The minimum absolute atomic E-state index is 0.0921. The lowest BCUT2D eigenvalue weighted by Crippen LogP contribution is -2.50. The molecule has 0 radical (unpaired) electrons. The molecule has 27 heavy (non-hydrogen) atoms. The van der Waals surface area contributed by atoms with Gasteiger partial charge >= 0.3 is 5.97 Å². The smallest absolute Gasteiger partial charge is 0.335 e. The Morgan fingerprint density at radius 1 is 1.00 bits per heavy atom. The van der Waals surface area contributed by atoms with Crippen LogP contribution in [0.1, 0.15) is 10.4 Å². The first-order valence-electron chi connectivity index (χ1n) is 8.37. The molecular weight excluding hydrogens is 391 g/mol. The van der Waals surface area contributed by atoms with E-state index in [0.29, 0.717) is 42.0 Å². The molecule has 1 heterocycles. The lowest BCUT2D eigenvalue weighted by atomic mass is 10.1. The first kappa shape index (κ1) is 19.3. The van der Waals surface area contributed by atoms with Crippen LogP contribution in [-0.2, 0) is 4.79 Å². The van der Waals surface area contributed by atoms with Crippen LogP contribution < -0.4 is 9.64 Å². The topological polar surface area (TPSA) is 70.1 Å². The maximum atomic E-state index is 12.4. The van der Waals surface area contributed by atoms with E-state index in [1.807, 2.05) is 6.07 Å². The number of carboxylic acids is 1. The van der Waals surface area contributed by atoms with Crippen molar-refractivity contribution in [2.45, 2.75) is 0 Å². The van der Waals surface area contributed by atoms with Crippen LogP contribution in [-0.4, -0.2) is 54.7 Å². The molecule has 0 spiro atoms. The van der Waals surface area contributed by atoms with Gasteiger partial charge in [0.25, 0.3) is 5.91 Å². The van der Waals surface area contributed by atoms with Crippen molar-refractivity contribution in [3.05, 3.63) is 58.1 Å². The number of halogens is 2. The van der Waals surface area contributed by atoms with Crippen molar-refractivity contribution in [1.82, 2.24) is 4.90 Å². The van der Waals surface area contributed by atoms with E-state index in [9.17, 15) is 9.59 Å². The number of hydrogen-bond acceptors (Lipinski definition) is 4. The maximum absolute atomic E-state index is 12.4. The largest absolute Gasteiger partial charge is 0.484 e. The summed E-state index contributed by atoms with van der Waals surface area (Å²) in [5.74, 6) is -0.626. The molecule has 1 saturated heterocycles. The Morgan fingerprint density at radius 3 is 2.30 bits per heavy atom. The van der Waals surface area contributed by atoms with Gasteiger partial charge in [0.1, 0.15) is 5.75 Å². The quantitative estimate of drug-likeness (QED) is 0.820. The lowest BCUT2D eigenvalue weighted by Gasteiger charge is -2.36. The Kier molecular flexibility index (Phi) is 6.08. The Bertz CT molecular complexity index is 831. The van der Waals surface area contributed by atoms with E-state index in [2.05, 4.69) is 4.90 Å². The second-order valence-electron chi connectivity index (χ2n) is 6.12. The van der Waals surface area contributed by atoms with Crippen LogP contribution in [0.4, 0.5) is 5.69 Å². The Balaban J connectivity index is 1.53. The van der Waals surface area contributed by atoms with Gasteiger partial charge in [0.15, 0.2) is 6.61 Å². The molecule has 3 rings (SSSR count). The summed E-state index contributed by atoms with van der Waals surface area (Å²) in [7, 11) is 0. The first-order valence-corrected chi connectivity index (χ1v) is 9.13. The first-order chi connectivity index (χ1) is 12.9. The number of amides is 1. The Labute approximate surface area is 166 Å². The van der Waals surface area contributed by atoms with Crippen molar-refractivity contribution in [1.29, 1.82) is 0 Å². The van der Waals surface area contributed by atoms with Crippen LogP contribution >= 0.6 is 23.2 Å². The van der Waals surface area contributed by atoms with E-state index < -0.39 is 5.97 Å². The average molecular weight is 409 g/mol. The number of carbonyl (C=O) groups excluding carboxylic acids is 1. The van der Waals surface area contributed by atoms with Crippen molar-refractivity contribution >= 4 is 40.8 Å². The molecule has 8 heteroatoms. The van der Waals surface area contributed by atoms with E-state index >= 15 is 0 Å². The van der Waals surface area contributed by atoms with Crippen LogP contribution in [0, 0.1) is 0 Å². The summed E-state index contributed by atoms with van der Waals surface area (Å²) < 4.78 is 5.50. The van der Waals surface area contributed by atoms with E-state index in [0.717, 1.165) is 5.69 Å². The summed E-state index contributed by atoms with van der Waals surface area (Å²) in [5.41, 5.74) is 1.09. The number of carboxylic acid groups (broad SMARTS) is 1. The predicted molar refractivity (Wildman–Crippen MR) is 104 cm³/mol. The van der Waals surface area contributed by atoms with Crippen molar-refractivity contribution in [2.75, 3.05) is 37.7 Å². The van der Waals surface area contributed by atoms with Crippen molar-refractivity contribution in [3.63, 3.8) is 0 Å². The third kappa shape index (κ3) is 5.05. The summed E-state index contributed by atoms with van der Waals surface area (Å²) in [6, 6.07) is 11.6. The minimum atomic E-state index is -0.955. The normalized spacial score (nSPS) is 14.1. The molecule has 0 atom stereocenters. The number of anilines is 1. The Hall–Kier alpha value is -2.44. The van der Waals surface area contributed by atoms with E-state index in [1.54, 1.807) is 41.3 Å². The molecule has 0 bridgehead atoms. The number of hydrogen-bond donors (Lipinski definition) is 1. The second kappa shape index (κ2) is 8.50. The number of rotatable bonds is 5. The molecular formula is C19H18Cl2N2O4. The molecule has 142 valence electrons. The van der Waals surface area contributed by atoms with Gasteiger partial charge in [0.2, 0.25) is 0 Å². The molecule has 2 aromatic carbocycles. The lowest BCUT2D eigenvalue weighted by molar-refractivity contribution is -0.133. The molecule has 1 fully saturated rings. The van der Waals surface area contributed by atoms with Gasteiger partial charge in [-0.2, -0.15) is 0 Å². The molecule has 6 nitrogen and oxygen atoms in total. The highest BCUT2D eigenvalue weighted by Crippen LogP contribution is 2.24. The van der Waals surface area contributed by atoms with Gasteiger partial charge in [-0.05, 0) is 36.4 Å². The highest BCUT2D eigenvalue weighted by Gasteiger charge is 2.22.